The third-order valence-electron chi connectivity index (χ3n) is 4.26. The van der Waals surface area contributed by atoms with Crippen molar-refractivity contribution in [3.8, 4) is 0 Å². The SMILES string of the molecule is CCN1CCC(CNCC(=O)NC(C)C(C)C)CC1. The monoisotopic (exact) mass is 269 g/mol. The standard InChI is InChI=1S/C15H31N3O/c1-5-18-8-6-14(7-9-18)10-16-11-15(19)17-13(4)12(2)3/h12-14,16H,5-11H2,1-4H3,(H,17,19). The number of carbonyl (C=O) groups excluding carboxylic acids is 1. The summed E-state index contributed by atoms with van der Waals surface area (Å²) in [6.45, 7) is 13.5. The first kappa shape index (κ1) is 16.4. The molecule has 1 unspecified atom stereocenters. The number of rotatable bonds is 7. The van der Waals surface area contributed by atoms with Crippen molar-refractivity contribution in [3.05, 3.63) is 0 Å². The summed E-state index contributed by atoms with van der Waals surface area (Å²) in [5.74, 6) is 1.34. The average Bonchev–Trinajstić information content (AvgIpc) is 2.39. The van der Waals surface area contributed by atoms with Crippen molar-refractivity contribution in [1.82, 2.24) is 15.5 Å². The van der Waals surface area contributed by atoms with E-state index in [9.17, 15) is 4.79 Å². The van der Waals surface area contributed by atoms with Gasteiger partial charge in [0.1, 0.15) is 0 Å². The van der Waals surface area contributed by atoms with Crippen LogP contribution in [0.3, 0.4) is 0 Å². The first-order valence-electron chi connectivity index (χ1n) is 7.75. The van der Waals surface area contributed by atoms with Crippen molar-refractivity contribution < 1.29 is 4.79 Å². The van der Waals surface area contributed by atoms with Crippen molar-refractivity contribution in [2.75, 3.05) is 32.7 Å². The number of nitrogens with one attached hydrogen (secondary N) is 2. The van der Waals surface area contributed by atoms with Crippen molar-refractivity contribution in [3.63, 3.8) is 0 Å². The molecule has 2 N–H and O–H groups in total. The van der Waals surface area contributed by atoms with E-state index in [1.165, 1.54) is 25.9 Å². The Bertz CT molecular complexity index is 260. The first-order valence-corrected chi connectivity index (χ1v) is 7.75. The van der Waals surface area contributed by atoms with Gasteiger partial charge in [-0.25, -0.2) is 0 Å². The molecule has 0 aliphatic carbocycles. The molecule has 1 atom stereocenters. The van der Waals surface area contributed by atoms with Crippen LogP contribution in [0, 0.1) is 11.8 Å². The lowest BCUT2D eigenvalue weighted by atomic mass is 9.97. The number of hydrogen-bond acceptors (Lipinski definition) is 3. The Hall–Kier alpha value is -0.610. The number of likely N-dealkylation sites (tertiary alicyclic amines) is 1. The second kappa shape index (κ2) is 8.54. The molecule has 1 aliphatic heterocycles. The topological polar surface area (TPSA) is 44.4 Å². The molecule has 1 saturated heterocycles. The third-order valence-corrected chi connectivity index (χ3v) is 4.26. The van der Waals surface area contributed by atoms with Gasteiger partial charge in [0, 0.05) is 6.04 Å². The molecule has 19 heavy (non-hydrogen) atoms. The van der Waals surface area contributed by atoms with Gasteiger partial charge in [0.2, 0.25) is 5.91 Å². The molecule has 0 saturated carbocycles. The molecule has 0 radical (unpaired) electrons. The van der Waals surface area contributed by atoms with Gasteiger partial charge in [-0.05, 0) is 57.8 Å². The van der Waals surface area contributed by atoms with Gasteiger partial charge in [-0.1, -0.05) is 20.8 Å². The Kier molecular flexibility index (Phi) is 7.39. The van der Waals surface area contributed by atoms with E-state index in [2.05, 4.69) is 43.2 Å². The smallest absolute Gasteiger partial charge is 0.234 e. The average molecular weight is 269 g/mol. The van der Waals surface area contributed by atoms with Crippen molar-refractivity contribution in [1.29, 1.82) is 0 Å². The van der Waals surface area contributed by atoms with Gasteiger partial charge in [0.25, 0.3) is 0 Å². The summed E-state index contributed by atoms with van der Waals surface area (Å²) in [6, 6.07) is 0.252. The molecule has 0 bridgehead atoms. The second-order valence-corrected chi connectivity index (χ2v) is 6.11. The molecule has 1 aliphatic rings. The molecule has 1 rings (SSSR count). The molecule has 1 amide bonds. The maximum Gasteiger partial charge on any atom is 0.234 e. The normalized spacial score (nSPS) is 19.6. The summed E-state index contributed by atoms with van der Waals surface area (Å²) in [4.78, 5) is 14.2. The molecule has 112 valence electrons. The minimum Gasteiger partial charge on any atom is -0.352 e. The van der Waals surface area contributed by atoms with Crippen LogP contribution in [-0.2, 0) is 4.79 Å². The quantitative estimate of drug-likeness (QED) is 0.735. The van der Waals surface area contributed by atoms with Gasteiger partial charge >= 0.3 is 0 Å². The summed E-state index contributed by atoms with van der Waals surface area (Å²) in [6.07, 6.45) is 2.51. The van der Waals surface area contributed by atoms with E-state index < -0.39 is 0 Å². The van der Waals surface area contributed by atoms with Crippen molar-refractivity contribution in [2.24, 2.45) is 11.8 Å². The predicted octanol–water partition coefficient (Wildman–Crippen LogP) is 1.47. The van der Waals surface area contributed by atoms with Crippen LogP contribution in [0.25, 0.3) is 0 Å². The Morgan fingerprint density at radius 1 is 1.26 bits per heavy atom. The highest BCUT2D eigenvalue weighted by molar-refractivity contribution is 5.78. The van der Waals surface area contributed by atoms with Crippen LogP contribution in [0.2, 0.25) is 0 Å². The van der Waals surface area contributed by atoms with Crippen LogP contribution >= 0.6 is 0 Å². The minimum atomic E-state index is 0.118. The first-order chi connectivity index (χ1) is 9.02. The van der Waals surface area contributed by atoms with E-state index in [1.807, 2.05) is 0 Å². The Labute approximate surface area is 118 Å². The number of nitrogens with zero attached hydrogens (tertiary/aromatic N) is 1. The summed E-state index contributed by atoms with van der Waals surface area (Å²) in [7, 11) is 0. The fourth-order valence-electron chi connectivity index (χ4n) is 2.37. The third kappa shape index (κ3) is 6.39. The lowest BCUT2D eigenvalue weighted by molar-refractivity contribution is -0.121. The van der Waals surface area contributed by atoms with Crippen LogP contribution in [0.4, 0.5) is 0 Å². The van der Waals surface area contributed by atoms with Gasteiger partial charge in [-0.2, -0.15) is 0 Å². The van der Waals surface area contributed by atoms with Crippen LogP contribution in [0.1, 0.15) is 40.5 Å². The summed E-state index contributed by atoms with van der Waals surface area (Å²) < 4.78 is 0. The fourth-order valence-corrected chi connectivity index (χ4v) is 2.37. The maximum atomic E-state index is 11.7. The number of piperidine rings is 1. The van der Waals surface area contributed by atoms with Gasteiger partial charge in [-0.3, -0.25) is 4.79 Å². The lowest BCUT2D eigenvalue weighted by Gasteiger charge is -2.31. The Morgan fingerprint density at radius 3 is 2.42 bits per heavy atom. The highest BCUT2D eigenvalue weighted by Crippen LogP contribution is 2.15. The summed E-state index contributed by atoms with van der Waals surface area (Å²) in [5, 5.41) is 6.33. The number of carbonyl (C=O) groups is 1. The molecule has 0 aromatic rings. The molecule has 1 heterocycles. The molecule has 0 spiro atoms. The second-order valence-electron chi connectivity index (χ2n) is 6.11. The van der Waals surface area contributed by atoms with Crippen LogP contribution in [-0.4, -0.2) is 49.6 Å². The molecule has 4 nitrogen and oxygen atoms in total. The minimum absolute atomic E-state index is 0.118. The Morgan fingerprint density at radius 2 is 1.89 bits per heavy atom. The molecular formula is C15H31N3O. The summed E-state index contributed by atoms with van der Waals surface area (Å²) in [5.41, 5.74) is 0. The number of amides is 1. The van der Waals surface area contributed by atoms with E-state index in [0.717, 1.165) is 19.0 Å². The van der Waals surface area contributed by atoms with Crippen LogP contribution in [0.15, 0.2) is 0 Å². The van der Waals surface area contributed by atoms with Gasteiger partial charge in [-0.15, -0.1) is 0 Å². The zero-order valence-electron chi connectivity index (χ0n) is 13.0. The van der Waals surface area contributed by atoms with Gasteiger partial charge in [0.05, 0.1) is 6.54 Å². The van der Waals surface area contributed by atoms with Crippen LogP contribution < -0.4 is 10.6 Å². The van der Waals surface area contributed by atoms with E-state index in [4.69, 9.17) is 0 Å². The highest BCUT2D eigenvalue weighted by atomic mass is 16.1. The van der Waals surface area contributed by atoms with Gasteiger partial charge < -0.3 is 15.5 Å². The maximum absolute atomic E-state index is 11.7. The molecular weight excluding hydrogens is 238 g/mol. The Balaban J connectivity index is 2.09. The van der Waals surface area contributed by atoms with E-state index in [0.29, 0.717) is 12.5 Å². The zero-order valence-corrected chi connectivity index (χ0v) is 13.0. The zero-order chi connectivity index (χ0) is 14.3. The largest absolute Gasteiger partial charge is 0.352 e. The van der Waals surface area contributed by atoms with Gasteiger partial charge in [0.15, 0.2) is 0 Å². The molecule has 1 fully saturated rings. The van der Waals surface area contributed by atoms with Crippen molar-refractivity contribution in [2.45, 2.75) is 46.6 Å². The van der Waals surface area contributed by atoms with E-state index in [1.54, 1.807) is 0 Å². The fraction of sp³-hybridized carbons (Fsp3) is 0.933. The predicted molar refractivity (Wildman–Crippen MR) is 80.2 cm³/mol. The molecule has 0 aromatic heterocycles. The van der Waals surface area contributed by atoms with Crippen molar-refractivity contribution >= 4 is 5.91 Å². The molecule has 4 heteroatoms. The van der Waals surface area contributed by atoms with Crippen LogP contribution in [0.5, 0.6) is 0 Å². The lowest BCUT2D eigenvalue weighted by Crippen LogP contribution is -2.43. The van der Waals surface area contributed by atoms with E-state index in [-0.39, 0.29) is 11.9 Å². The number of hydrogen-bond donors (Lipinski definition) is 2. The molecule has 0 aromatic carbocycles. The highest BCUT2D eigenvalue weighted by Gasteiger charge is 2.18. The van der Waals surface area contributed by atoms with E-state index >= 15 is 0 Å². The summed E-state index contributed by atoms with van der Waals surface area (Å²) >= 11 is 0.